The Hall–Kier alpha value is -2.08. The van der Waals surface area contributed by atoms with Crippen molar-refractivity contribution in [2.45, 2.75) is 38.5 Å². The van der Waals surface area contributed by atoms with E-state index in [1.54, 1.807) is 12.3 Å². The highest BCUT2D eigenvalue weighted by atomic mass is 32.2. The summed E-state index contributed by atoms with van der Waals surface area (Å²) in [6.45, 7) is 2.10. The zero-order chi connectivity index (χ0) is 18.2. The Balaban J connectivity index is 1.52. The molecule has 3 rings (SSSR count). The lowest BCUT2D eigenvalue weighted by atomic mass is 10.1. The van der Waals surface area contributed by atoms with E-state index >= 15 is 0 Å². The van der Waals surface area contributed by atoms with Crippen LogP contribution in [0.3, 0.4) is 0 Å². The van der Waals surface area contributed by atoms with Crippen LogP contribution in [0.15, 0.2) is 48.7 Å². The molecule has 0 aliphatic carbocycles. The van der Waals surface area contributed by atoms with Gasteiger partial charge in [-0.2, -0.15) is 0 Å². The van der Waals surface area contributed by atoms with Crippen LogP contribution >= 0.6 is 0 Å². The quantitative estimate of drug-likeness (QED) is 0.801. The number of rotatable bonds is 7. The summed E-state index contributed by atoms with van der Waals surface area (Å²) in [6.07, 6.45) is 8.09. The lowest BCUT2D eigenvalue weighted by Gasteiger charge is -2.22. The zero-order valence-electron chi connectivity index (χ0n) is 15.1. The number of nitrogens with one attached hydrogen (secondary N) is 1. The van der Waals surface area contributed by atoms with Gasteiger partial charge in [-0.1, -0.05) is 43.2 Å². The van der Waals surface area contributed by atoms with E-state index in [0.717, 1.165) is 30.8 Å². The van der Waals surface area contributed by atoms with Crippen LogP contribution in [0.1, 0.15) is 37.7 Å². The first-order valence-electron chi connectivity index (χ1n) is 9.38. The van der Waals surface area contributed by atoms with Gasteiger partial charge in [-0.15, -0.1) is 0 Å². The highest BCUT2D eigenvalue weighted by Gasteiger charge is 2.13. The molecule has 1 aromatic heterocycles. The third-order valence-corrected chi connectivity index (χ3v) is 6.05. The second-order valence-electron chi connectivity index (χ2n) is 6.81. The monoisotopic (exact) mass is 373 g/mol. The molecule has 6 heteroatoms. The molecule has 0 saturated carbocycles. The third-order valence-electron chi connectivity index (χ3n) is 4.70. The second-order valence-corrected chi connectivity index (χ2v) is 8.65. The van der Waals surface area contributed by atoms with E-state index in [0.29, 0.717) is 12.2 Å². The first-order valence-corrected chi connectivity index (χ1v) is 11.0. The molecule has 2 aromatic rings. The molecule has 1 fully saturated rings. The molecule has 0 atom stereocenters. The van der Waals surface area contributed by atoms with Gasteiger partial charge in [0.15, 0.2) is 0 Å². The van der Waals surface area contributed by atoms with Crippen molar-refractivity contribution in [3.63, 3.8) is 0 Å². The molecular formula is C20H27N3O2S. The Morgan fingerprint density at radius 1 is 0.962 bits per heavy atom. The van der Waals surface area contributed by atoms with Gasteiger partial charge in [0, 0.05) is 13.1 Å². The molecular weight excluding hydrogens is 346 g/mol. The fraction of sp³-hybridized carbons (Fsp3) is 0.450. The van der Waals surface area contributed by atoms with E-state index in [4.69, 9.17) is 0 Å². The van der Waals surface area contributed by atoms with E-state index in [1.165, 1.54) is 25.7 Å². The van der Waals surface area contributed by atoms with Crippen molar-refractivity contribution in [3.05, 3.63) is 54.2 Å². The van der Waals surface area contributed by atoms with E-state index in [1.807, 2.05) is 36.4 Å². The van der Waals surface area contributed by atoms with Gasteiger partial charge in [0.25, 0.3) is 0 Å². The van der Waals surface area contributed by atoms with Crippen LogP contribution in [-0.4, -0.2) is 32.2 Å². The van der Waals surface area contributed by atoms with Crippen molar-refractivity contribution < 1.29 is 8.42 Å². The van der Waals surface area contributed by atoms with E-state index < -0.39 is 10.0 Å². The van der Waals surface area contributed by atoms with Crippen molar-refractivity contribution in [1.29, 1.82) is 0 Å². The molecule has 0 radical (unpaired) electrons. The molecule has 5 nitrogen and oxygen atoms in total. The maximum Gasteiger partial charge on any atom is 0.233 e. The molecule has 0 spiro atoms. The van der Waals surface area contributed by atoms with Crippen LogP contribution in [0.5, 0.6) is 0 Å². The highest BCUT2D eigenvalue weighted by Crippen LogP contribution is 2.20. The Labute approximate surface area is 156 Å². The summed E-state index contributed by atoms with van der Waals surface area (Å²) in [5.74, 6) is 0.487. The van der Waals surface area contributed by atoms with E-state index in [2.05, 4.69) is 14.6 Å². The van der Waals surface area contributed by atoms with E-state index in [-0.39, 0.29) is 5.75 Å². The first kappa shape index (κ1) is 18.7. The number of anilines is 2. The third kappa shape index (κ3) is 5.73. The molecule has 1 aliphatic heterocycles. The molecule has 1 saturated heterocycles. The van der Waals surface area contributed by atoms with Gasteiger partial charge in [0.1, 0.15) is 5.82 Å². The molecule has 0 unspecified atom stereocenters. The summed E-state index contributed by atoms with van der Waals surface area (Å²) < 4.78 is 27.1. The number of nitrogens with zero attached hydrogens (tertiary/aromatic N) is 2. The van der Waals surface area contributed by atoms with Gasteiger partial charge >= 0.3 is 0 Å². The van der Waals surface area contributed by atoms with Gasteiger partial charge in [0.2, 0.25) is 10.0 Å². The smallest absolute Gasteiger partial charge is 0.233 e. The van der Waals surface area contributed by atoms with Crippen molar-refractivity contribution in [2.24, 2.45) is 0 Å². The topological polar surface area (TPSA) is 62.3 Å². The Bertz CT molecular complexity index is 768. The SMILES string of the molecule is O=S(=O)(CCCc1ccccc1)Nc1ccc(N2CCCCCC2)cn1. The Morgan fingerprint density at radius 3 is 2.35 bits per heavy atom. The Kier molecular flexibility index (Phi) is 6.50. The predicted molar refractivity (Wildman–Crippen MR) is 107 cm³/mol. The van der Waals surface area contributed by atoms with Gasteiger partial charge in [-0.05, 0) is 43.4 Å². The fourth-order valence-corrected chi connectivity index (χ4v) is 4.35. The summed E-state index contributed by atoms with van der Waals surface area (Å²) >= 11 is 0. The maximum atomic E-state index is 12.3. The van der Waals surface area contributed by atoms with Crippen LogP contribution in [0.25, 0.3) is 0 Å². The lowest BCUT2D eigenvalue weighted by molar-refractivity contribution is 0.598. The number of aryl methyl sites for hydroxylation is 1. The second kappa shape index (κ2) is 9.03. The average molecular weight is 374 g/mol. The number of sulfonamides is 1. The van der Waals surface area contributed by atoms with Crippen molar-refractivity contribution in [2.75, 3.05) is 28.5 Å². The largest absolute Gasteiger partial charge is 0.370 e. The Morgan fingerprint density at radius 2 is 1.69 bits per heavy atom. The number of hydrogen-bond donors (Lipinski definition) is 1. The average Bonchev–Trinajstić information content (AvgIpc) is 2.92. The van der Waals surface area contributed by atoms with Crippen LogP contribution in [-0.2, 0) is 16.4 Å². The minimum absolute atomic E-state index is 0.0947. The first-order chi connectivity index (χ1) is 12.6. The zero-order valence-corrected chi connectivity index (χ0v) is 15.9. The van der Waals surface area contributed by atoms with Crippen LogP contribution in [0.4, 0.5) is 11.5 Å². The lowest BCUT2D eigenvalue weighted by Crippen LogP contribution is -2.24. The maximum absolute atomic E-state index is 12.3. The summed E-state index contributed by atoms with van der Waals surface area (Å²) in [7, 11) is -3.37. The minimum atomic E-state index is -3.37. The van der Waals surface area contributed by atoms with Crippen LogP contribution in [0.2, 0.25) is 0 Å². The van der Waals surface area contributed by atoms with E-state index in [9.17, 15) is 8.42 Å². The molecule has 1 N–H and O–H groups in total. The van der Waals surface area contributed by atoms with Crippen molar-refractivity contribution in [3.8, 4) is 0 Å². The standard InChI is InChI=1S/C20H27N3O2S/c24-26(25,16-8-11-18-9-4-3-5-10-18)22-20-13-12-19(17-21-20)23-14-6-1-2-7-15-23/h3-5,9-10,12-13,17H,1-2,6-8,11,14-16H2,(H,21,22). The normalized spacial score (nSPS) is 15.5. The van der Waals surface area contributed by atoms with Crippen molar-refractivity contribution >= 4 is 21.5 Å². The number of benzene rings is 1. The molecule has 0 amide bonds. The number of pyridine rings is 1. The molecule has 1 aliphatic rings. The van der Waals surface area contributed by atoms with Gasteiger partial charge in [-0.25, -0.2) is 13.4 Å². The van der Waals surface area contributed by atoms with Crippen LogP contribution < -0.4 is 9.62 Å². The minimum Gasteiger partial charge on any atom is -0.370 e. The van der Waals surface area contributed by atoms with Gasteiger partial charge in [-0.3, -0.25) is 4.72 Å². The van der Waals surface area contributed by atoms with Crippen LogP contribution in [0, 0.1) is 0 Å². The molecule has 0 bridgehead atoms. The molecule has 2 heterocycles. The summed E-state index contributed by atoms with van der Waals surface area (Å²) in [4.78, 5) is 6.64. The molecule has 1 aromatic carbocycles. The number of aromatic nitrogens is 1. The summed E-state index contributed by atoms with van der Waals surface area (Å²) in [5.41, 5.74) is 2.22. The van der Waals surface area contributed by atoms with Crippen molar-refractivity contribution in [1.82, 2.24) is 4.98 Å². The predicted octanol–water partition coefficient (Wildman–Crippen LogP) is 3.84. The molecule has 140 valence electrons. The number of hydrogen-bond acceptors (Lipinski definition) is 4. The molecule has 26 heavy (non-hydrogen) atoms. The summed E-state index contributed by atoms with van der Waals surface area (Å²) in [6, 6.07) is 13.7. The summed E-state index contributed by atoms with van der Waals surface area (Å²) in [5, 5.41) is 0. The van der Waals surface area contributed by atoms with Gasteiger partial charge in [0.05, 0.1) is 17.6 Å². The van der Waals surface area contributed by atoms with Gasteiger partial charge < -0.3 is 4.90 Å². The fourth-order valence-electron chi connectivity index (χ4n) is 3.28. The highest BCUT2D eigenvalue weighted by molar-refractivity contribution is 7.92.